The van der Waals surface area contributed by atoms with E-state index >= 15 is 0 Å². The molecule has 1 aromatic rings. The van der Waals surface area contributed by atoms with Crippen molar-refractivity contribution < 1.29 is 14.3 Å². The number of anilines is 2. The Morgan fingerprint density at radius 2 is 2.18 bits per heavy atom. The minimum absolute atomic E-state index is 0.0194. The number of nitrogen functional groups attached to an aromatic ring is 1. The van der Waals surface area contributed by atoms with Crippen LogP contribution in [0, 0.1) is 0 Å². The van der Waals surface area contributed by atoms with Gasteiger partial charge < -0.3 is 20.7 Å². The first kappa shape index (κ1) is 11.3. The Morgan fingerprint density at radius 3 is 2.88 bits per heavy atom. The monoisotopic (exact) mass is 235 g/mol. The summed E-state index contributed by atoms with van der Waals surface area (Å²) in [6.07, 6.45) is 0. The highest BCUT2D eigenvalue weighted by atomic mass is 16.5. The Kier molecular flexibility index (Phi) is 2.86. The number of piperazine rings is 1. The second-order valence-electron chi connectivity index (χ2n) is 3.68. The molecule has 0 unspecified atom stereocenters. The average molecular weight is 235 g/mol. The Morgan fingerprint density at radius 1 is 1.41 bits per heavy atom. The van der Waals surface area contributed by atoms with E-state index in [1.807, 2.05) is 0 Å². The molecule has 0 bridgehead atoms. The van der Waals surface area contributed by atoms with Crippen molar-refractivity contribution in [3.05, 3.63) is 18.2 Å². The molecule has 6 nitrogen and oxygen atoms in total. The molecule has 1 fully saturated rings. The van der Waals surface area contributed by atoms with Crippen LogP contribution in [0.5, 0.6) is 5.75 Å². The number of rotatable bonds is 2. The quantitative estimate of drug-likeness (QED) is 0.692. The van der Waals surface area contributed by atoms with Gasteiger partial charge in [0.15, 0.2) is 0 Å². The highest BCUT2D eigenvalue weighted by molar-refractivity contribution is 6.04. The first-order valence-electron chi connectivity index (χ1n) is 5.12. The number of nitrogens with one attached hydrogen (secondary N) is 1. The molecule has 1 aliphatic heterocycles. The Labute approximate surface area is 98.3 Å². The Hall–Kier alpha value is -2.24. The van der Waals surface area contributed by atoms with Crippen molar-refractivity contribution in [3.8, 4) is 5.75 Å². The Balaban J connectivity index is 2.32. The minimum Gasteiger partial charge on any atom is -0.495 e. The third kappa shape index (κ3) is 2.15. The third-order valence-corrected chi connectivity index (χ3v) is 2.57. The number of carbonyl (C=O) groups excluding carboxylic acids is 2. The number of hydrogen-bond donors (Lipinski definition) is 2. The molecule has 1 aliphatic rings. The molecule has 0 spiro atoms. The molecule has 3 N–H and O–H groups in total. The van der Waals surface area contributed by atoms with Gasteiger partial charge in [0.05, 0.1) is 19.3 Å². The maximum absolute atomic E-state index is 11.7. The van der Waals surface area contributed by atoms with Crippen LogP contribution < -0.4 is 20.7 Å². The standard InChI is InChI=1S/C11H13N3O3/c1-17-9-4-7(2-3-8(9)12)14-6-10(15)13-5-11(14)16/h2-4H,5-6,12H2,1H3,(H,13,15). The molecule has 2 amide bonds. The largest absolute Gasteiger partial charge is 0.495 e. The van der Waals surface area contributed by atoms with E-state index in [9.17, 15) is 9.59 Å². The molecule has 90 valence electrons. The molecule has 0 aromatic heterocycles. The van der Waals surface area contributed by atoms with E-state index in [4.69, 9.17) is 10.5 Å². The smallest absolute Gasteiger partial charge is 0.246 e. The van der Waals surface area contributed by atoms with Crippen molar-refractivity contribution in [2.75, 3.05) is 30.8 Å². The first-order chi connectivity index (χ1) is 8.11. The van der Waals surface area contributed by atoms with Gasteiger partial charge in [-0.05, 0) is 12.1 Å². The van der Waals surface area contributed by atoms with Crippen LogP contribution in [0.1, 0.15) is 0 Å². The molecule has 0 aliphatic carbocycles. The molecular formula is C11H13N3O3. The second-order valence-corrected chi connectivity index (χ2v) is 3.68. The van der Waals surface area contributed by atoms with Crippen molar-refractivity contribution in [1.29, 1.82) is 0 Å². The Bertz CT molecular complexity index is 473. The number of hydrogen-bond acceptors (Lipinski definition) is 4. The number of ether oxygens (including phenoxy) is 1. The SMILES string of the molecule is COc1cc(N2CC(=O)NCC2=O)ccc1N. The summed E-state index contributed by atoms with van der Waals surface area (Å²) in [6.45, 7) is 0.0391. The van der Waals surface area contributed by atoms with Gasteiger partial charge in [0.2, 0.25) is 11.8 Å². The van der Waals surface area contributed by atoms with E-state index < -0.39 is 0 Å². The maximum Gasteiger partial charge on any atom is 0.246 e. The minimum atomic E-state index is -0.180. The van der Waals surface area contributed by atoms with Crippen LogP contribution in [0.25, 0.3) is 0 Å². The summed E-state index contributed by atoms with van der Waals surface area (Å²) in [6, 6.07) is 4.98. The number of carbonyl (C=O) groups is 2. The molecule has 1 saturated heterocycles. The fourth-order valence-electron chi connectivity index (χ4n) is 1.66. The maximum atomic E-state index is 11.7. The van der Waals surface area contributed by atoms with Crippen LogP contribution in [0.2, 0.25) is 0 Å². The fourth-order valence-corrected chi connectivity index (χ4v) is 1.66. The summed E-state index contributed by atoms with van der Waals surface area (Å²) in [4.78, 5) is 24.3. The van der Waals surface area contributed by atoms with Crippen molar-refractivity contribution in [1.82, 2.24) is 5.32 Å². The van der Waals surface area contributed by atoms with Crippen LogP contribution in [-0.4, -0.2) is 32.0 Å². The van der Waals surface area contributed by atoms with E-state index in [1.54, 1.807) is 18.2 Å². The summed E-state index contributed by atoms with van der Waals surface area (Å²) < 4.78 is 5.08. The van der Waals surface area contributed by atoms with Crippen LogP contribution >= 0.6 is 0 Å². The van der Waals surface area contributed by atoms with Gasteiger partial charge in [0.1, 0.15) is 12.3 Å². The lowest BCUT2D eigenvalue weighted by Crippen LogP contribution is -2.51. The van der Waals surface area contributed by atoms with Crippen LogP contribution in [-0.2, 0) is 9.59 Å². The van der Waals surface area contributed by atoms with Gasteiger partial charge >= 0.3 is 0 Å². The number of amides is 2. The van der Waals surface area contributed by atoms with E-state index in [-0.39, 0.29) is 24.9 Å². The molecule has 6 heteroatoms. The van der Waals surface area contributed by atoms with Gasteiger partial charge in [0, 0.05) is 11.8 Å². The van der Waals surface area contributed by atoms with Gasteiger partial charge in [-0.3, -0.25) is 9.59 Å². The predicted octanol–water partition coefficient (Wildman–Crippen LogP) is -0.260. The lowest BCUT2D eigenvalue weighted by Gasteiger charge is -2.27. The second kappa shape index (κ2) is 4.32. The first-order valence-corrected chi connectivity index (χ1v) is 5.12. The third-order valence-electron chi connectivity index (χ3n) is 2.57. The summed E-state index contributed by atoms with van der Waals surface area (Å²) in [5.74, 6) is 0.151. The van der Waals surface area contributed by atoms with Crippen LogP contribution in [0.4, 0.5) is 11.4 Å². The molecule has 17 heavy (non-hydrogen) atoms. The zero-order valence-electron chi connectivity index (χ0n) is 9.40. The summed E-state index contributed by atoms with van der Waals surface area (Å²) in [7, 11) is 1.50. The van der Waals surface area contributed by atoms with Gasteiger partial charge in [0.25, 0.3) is 0 Å². The van der Waals surface area contributed by atoms with Gasteiger partial charge in [-0.15, -0.1) is 0 Å². The lowest BCUT2D eigenvalue weighted by molar-refractivity contribution is -0.128. The zero-order chi connectivity index (χ0) is 12.4. The highest BCUT2D eigenvalue weighted by Gasteiger charge is 2.24. The molecule has 0 saturated carbocycles. The predicted molar refractivity (Wildman–Crippen MR) is 62.8 cm³/mol. The summed E-state index contributed by atoms with van der Waals surface area (Å²) in [5, 5.41) is 2.49. The summed E-state index contributed by atoms with van der Waals surface area (Å²) >= 11 is 0. The van der Waals surface area contributed by atoms with Crippen molar-refractivity contribution >= 4 is 23.2 Å². The topological polar surface area (TPSA) is 84.7 Å². The fraction of sp³-hybridized carbons (Fsp3) is 0.273. The number of nitrogens with zero attached hydrogens (tertiary/aromatic N) is 1. The lowest BCUT2D eigenvalue weighted by atomic mass is 10.2. The van der Waals surface area contributed by atoms with Crippen LogP contribution in [0.3, 0.4) is 0 Å². The van der Waals surface area contributed by atoms with Crippen molar-refractivity contribution in [2.45, 2.75) is 0 Å². The van der Waals surface area contributed by atoms with Gasteiger partial charge in [-0.25, -0.2) is 0 Å². The average Bonchev–Trinajstić information content (AvgIpc) is 2.33. The van der Waals surface area contributed by atoms with Gasteiger partial charge in [-0.2, -0.15) is 0 Å². The van der Waals surface area contributed by atoms with Crippen LogP contribution in [0.15, 0.2) is 18.2 Å². The summed E-state index contributed by atoms with van der Waals surface area (Å²) in [5.41, 5.74) is 6.78. The normalized spacial score (nSPS) is 15.7. The number of nitrogens with two attached hydrogens (primary N) is 1. The van der Waals surface area contributed by atoms with E-state index in [1.165, 1.54) is 12.0 Å². The molecule has 1 aromatic carbocycles. The molecular weight excluding hydrogens is 222 g/mol. The molecule has 1 heterocycles. The van der Waals surface area contributed by atoms with E-state index in [0.717, 1.165) is 0 Å². The number of methoxy groups -OCH3 is 1. The van der Waals surface area contributed by atoms with E-state index in [2.05, 4.69) is 5.32 Å². The van der Waals surface area contributed by atoms with Gasteiger partial charge in [-0.1, -0.05) is 0 Å². The highest BCUT2D eigenvalue weighted by Crippen LogP contribution is 2.27. The van der Waals surface area contributed by atoms with Crippen molar-refractivity contribution in [3.63, 3.8) is 0 Å². The molecule has 0 atom stereocenters. The van der Waals surface area contributed by atoms with Crippen molar-refractivity contribution in [2.24, 2.45) is 0 Å². The molecule has 0 radical (unpaired) electrons. The molecule has 2 rings (SSSR count). The zero-order valence-corrected chi connectivity index (χ0v) is 9.40. The number of benzene rings is 1. The van der Waals surface area contributed by atoms with E-state index in [0.29, 0.717) is 17.1 Å².